The highest BCUT2D eigenvalue weighted by Crippen LogP contribution is 2.33. The van der Waals surface area contributed by atoms with Gasteiger partial charge in [0.1, 0.15) is 0 Å². The number of hydrogen-bond donors (Lipinski definition) is 1. The van der Waals surface area contributed by atoms with Crippen LogP contribution in [0.2, 0.25) is 0 Å². The molecule has 27 heavy (non-hydrogen) atoms. The quantitative estimate of drug-likeness (QED) is 0.482. The average molecular weight is 355 g/mol. The van der Waals surface area contributed by atoms with Crippen LogP contribution in [0.5, 0.6) is 11.5 Å². The third-order valence-corrected chi connectivity index (χ3v) is 4.78. The maximum absolute atomic E-state index is 5.42. The highest BCUT2D eigenvalue weighted by molar-refractivity contribution is 5.87. The van der Waals surface area contributed by atoms with Gasteiger partial charge < -0.3 is 14.5 Å². The third kappa shape index (κ3) is 3.20. The molecular weight excluding hydrogens is 334 g/mol. The van der Waals surface area contributed by atoms with Gasteiger partial charge in [-0.05, 0) is 52.6 Å². The van der Waals surface area contributed by atoms with Gasteiger partial charge in [-0.1, -0.05) is 49.0 Å². The Morgan fingerprint density at radius 2 is 1.56 bits per heavy atom. The van der Waals surface area contributed by atoms with Crippen LogP contribution in [0, 0.1) is 0 Å². The normalized spacial score (nSPS) is 10.7. The first-order valence-electron chi connectivity index (χ1n) is 8.79. The molecule has 0 saturated carbocycles. The van der Waals surface area contributed by atoms with E-state index in [-0.39, 0.29) is 0 Å². The number of nitrogens with one attached hydrogen (secondary N) is 1. The maximum Gasteiger partial charge on any atom is 0.161 e. The standard InChI is InChI=1S/C24H21NO2/c1-16(18-11-12-23(26-2)24(15-18)27-3)17-8-6-9-19(13-17)22-14-20-7-4-5-10-21(20)25-22/h4-15,25H,1H2,2-3H3. The summed E-state index contributed by atoms with van der Waals surface area (Å²) in [5, 5.41) is 1.21. The van der Waals surface area contributed by atoms with Crippen LogP contribution in [0.1, 0.15) is 11.1 Å². The number of aromatic nitrogens is 1. The van der Waals surface area contributed by atoms with Gasteiger partial charge in [-0.2, -0.15) is 0 Å². The number of aromatic amines is 1. The van der Waals surface area contributed by atoms with E-state index in [0.717, 1.165) is 33.5 Å². The molecule has 0 aliphatic rings. The van der Waals surface area contributed by atoms with Crippen LogP contribution >= 0.6 is 0 Å². The minimum atomic E-state index is 0.697. The van der Waals surface area contributed by atoms with E-state index in [2.05, 4.69) is 60.1 Å². The molecule has 0 spiro atoms. The number of H-pyrrole nitrogens is 1. The summed E-state index contributed by atoms with van der Waals surface area (Å²) in [5.74, 6) is 1.41. The molecule has 0 unspecified atom stereocenters. The van der Waals surface area contributed by atoms with E-state index in [1.807, 2.05) is 24.3 Å². The molecule has 0 atom stereocenters. The Labute approximate surface area is 158 Å². The second-order valence-electron chi connectivity index (χ2n) is 6.40. The molecule has 0 amide bonds. The first-order chi connectivity index (χ1) is 13.2. The van der Waals surface area contributed by atoms with Crippen molar-refractivity contribution >= 4 is 16.5 Å². The summed E-state index contributed by atoms with van der Waals surface area (Å²) in [6, 6.07) is 24.7. The molecule has 1 N–H and O–H groups in total. The summed E-state index contributed by atoms with van der Waals surface area (Å²) in [6.45, 7) is 4.30. The number of methoxy groups -OCH3 is 2. The lowest BCUT2D eigenvalue weighted by Crippen LogP contribution is -1.93. The average Bonchev–Trinajstić information content (AvgIpc) is 3.17. The van der Waals surface area contributed by atoms with E-state index in [0.29, 0.717) is 11.5 Å². The molecule has 0 bridgehead atoms. The zero-order valence-corrected chi connectivity index (χ0v) is 15.5. The Balaban J connectivity index is 1.70. The summed E-state index contributed by atoms with van der Waals surface area (Å²) in [7, 11) is 3.27. The van der Waals surface area contributed by atoms with Crippen molar-refractivity contribution in [1.82, 2.24) is 4.98 Å². The van der Waals surface area contributed by atoms with Gasteiger partial charge in [0, 0.05) is 16.6 Å². The molecule has 0 fully saturated rings. The number of rotatable bonds is 5. The Morgan fingerprint density at radius 1 is 0.778 bits per heavy atom. The summed E-state index contributed by atoms with van der Waals surface area (Å²) in [6.07, 6.45) is 0. The van der Waals surface area contributed by atoms with Crippen molar-refractivity contribution in [2.24, 2.45) is 0 Å². The van der Waals surface area contributed by atoms with Crippen LogP contribution in [0.4, 0.5) is 0 Å². The molecule has 0 radical (unpaired) electrons. The van der Waals surface area contributed by atoms with Gasteiger partial charge in [-0.25, -0.2) is 0 Å². The maximum atomic E-state index is 5.42. The van der Waals surface area contributed by atoms with Crippen molar-refractivity contribution < 1.29 is 9.47 Å². The molecule has 3 heteroatoms. The van der Waals surface area contributed by atoms with Gasteiger partial charge in [0.2, 0.25) is 0 Å². The molecule has 0 aliphatic heterocycles. The number of fused-ring (bicyclic) bond motifs is 1. The zero-order valence-electron chi connectivity index (χ0n) is 15.5. The lowest BCUT2D eigenvalue weighted by Gasteiger charge is -2.12. The van der Waals surface area contributed by atoms with Crippen LogP contribution in [0.25, 0.3) is 27.7 Å². The van der Waals surface area contributed by atoms with Gasteiger partial charge in [0.25, 0.3) is 0 Å². The Hall–Kier alpha value is -3.46. The van der Waals surface area contributed by atoms with E-state index in [4.69, 9.17) is 9.47 Å². The number of para-hydroxylation sites is 1. The molecule has 0 aliphatic carbocycles. The van der Waals surface area contributed by atoms with Crippen LogP contribution in [-0.4, -0.2) is 19.2 Å². The Morgan fingerprint density at radius 3 is 2.33 bits per heavy atom. The largest absolute Gasteiger partial charge is 0.493 e. The zero-order chi connectivity index (χ0) is 18.8. The van der Waals surface area contributed by atoms with Crippen LogP contribution < -0.4 is 9.47 Å². The predicted octanol–water partition coefficient (Wildman–Crippen LogP) is 5.91. The SMILES string of the molecule is C=C(c1cccc(-c2cc3ccccc3[nH]2)c1)c1ccc(OC)c(OC)c1. The monoisotopic (exact) mass is 355 g/mol. The second kappa shape index (κ2) is 7.04. The van der Waals surface area contributed by atoms with Gasteiger partial charge in [-0.15, -0.1) is 0 Å². The van der Waals surface area contributed by atoms with Crippen molar-refractivity contribution in [2.75, 3.05) is 14.2 Å². The molecular formula is C24H21NO2. The summed E-state index contributed by atoms with van der Waals surface area (Å²) in [5.41, 5.74) is 6.37. The van der Waals surface area contributed by atoms with Crippen molar-refractivity contribution in [2.45, 2.75) is 0 Å². The van der Waals surface area contributed by atoms with Crippen LogP contribution in [-0.2, 0) is 0 Å². The minimum Gasteiger partial charge on any atom is -0.493 e. The fourth-order valence-electron chi connectivity index (χ4n) is 3.29. The second-order valence-corrected chi connectivity index (χ2v) is 6.40. The lowest BCUT2D eigenvalue weighted by atomic mass is 9.97. The van der Waals surface area contributed by atoms with Gasteiger partial charge >= 0.3 is 0 Å². The lowest BCUT2D eigenvalue weighted by molar-refractivity contribution is 0.355. The smallest absolute Gasteiger partial charge is 0.161 e. The Bertz CT molecular complexity index is 1090. The van der Waals surface area contributed by atoms with E-state index >= 15 is 0 Å². The summed E-state index contributed by atoms with van der Waals surface area (Å²) < 4.78 is 10.7. The van der Waals surface area contributed by atoms with Crippen molar-refractivity contribution in [3.8, 4) is 22.8 Å². The van der Waals surface area contributed by atoms with E-state index in [9.17, 15) is 0 Å². The van der Waals surface area contributed by atoms with Crippen molar-refractivity contribution in [3.63, 3.8) is 0 Å². The molecule has 1 aromatic heterocycles. The van der Waals surface area contributed by atoms with E-state index < -0.39 is 0 Å². The predicted molar refractivity (Wildman–Crippen MR) is 111 cm³/mol. The number of hydrogen-bond acceptors (Lipinski definition) is 2. The summed E-state index contributed by atoms with van der Waals surface area (Å²) >= 11 is 0. The molecule has 4 rings (SSSR count). The fourth-order valence-corrected chi connectivity index (χ4v) is 3.29. The first kappa shape index (κ1) is 17.0. The van der Waals surface area contributed by atoms with Gasteiger partial charge in [0.15, 0.2) is 11.5 Å². The molecule has 134 valence electrons. The minimum absolute atomic E-state index is 0.697. The van der Waals surface area contributed by atoms with Crippen molar-refractivity contribution in [1.29, 1.82) is 0 Å². The fraction of sp³-hybridized carbons (Fsp3) is 0.0833. The van der Waals surface area contributed by atoms with Crippen molar-refractivity contribution in [3.05, 3.63) is 90.5 Å². The Kier molecular flexibility index (Phi) is 4.43. The molecule has 3 nitrogen and oxygen atoms in total. The number of benzene rings is 3. The van der Waals surface area contributed by atoms with Gasteiger partial charge in [0.05, 0.1) is 14.2 Å². The topological polar surface area (TPSA) is 34.2 Å². The number of ether oxygens (including phenoxy) is 2. The molecule has 4 aromatic rings. The summed E-state index contributed by atoms with van der Waals surface area (Å²) in [4.78, 5) is 3.48. The van der Waals surface area contributed by atoms with E-state index in [1.54, 1.807) is 14.2 Å². The molecule has 3 aromatic carbocycles. The highest BCUT2D eigenvalue weighted by Gasteiger charge is 2.10. The van der Waals surface area contributed by atoms with E-state index in [1.165, 1.54) is 5.39 Å². The van der Waals surface area contributed by atoms with Crippen LogP contribution in [0.15, 0.2) is 79.4 Å². The van der Waals surface area contributed by atoms with Crippen LogP contribution in [0.3, 0.4) is 0 Å². The molecule has 0 saturated heterocycles. The first-order valence-corrected chi connectivity index (χ1v) is 8.79. The third-order valence-electron chi connectivity index (χ3n) is 4.78. The highest BCUT2D eigenvalue weighted by atomic mass is 16.5. The molecule has 1 heterocycles. The van der Waals surface area contributed by atoms with Gasteiger partial charge in [-0.3, -0.25) is 0 Å².